The number of nitrogens with one attached hydrogen (secondary N) is 2. The quantitative estimate of drug-likeness (QED) is 0.534. The van der Waals surface area contributed by atoms with E-state index < -0.39 is 5.91 Å². The van der Waals surface area contributed by atoms with Crippen molar-refractivity contribution in [2.24, 2.45) is 5.73 Å². The zero-order valence-electron chi connectivity index (χ0n) is 15.0. The van der Waals surface area contributed by atoms with Crippen LogP contribution in [0, 0.1) is 0 Å². The van der Waals surface area contributed by atoms with Gasteiger partial charge in [0, 0.05) is 45.9 Å². The molecule has 0 aliphatic carbocycles. The third-order valence-electron chi connectivity index (χ3n) is 4.85. The Balaban J connectivity index is 1.70. The second kappa shape index (κ2) is 9.14. The van der Waals surface area contributed by atoms with Gasteiger partial charge in [0.05, 0.1) is 25.9 Å². The van der Waals surface area contributed by atoms with Crippen molar-refractivity contribution < 1.29 is 14.3 Å². The number of primary amides is 1. The third kappa shape index (κ3) is 4.55. The SMILES string of the molecule is COC[C@H]1C[C@H](n2nc(Br)c(C(N)=O)c2NCCN2CCOCC2)CN1. The summed E-state index contributed by atoms with van der Waals surface area (Å²) in [6.45, 7) is 6.41. The molecule has 0 spiro atoms. The molecule has 0 aromatic carbocycles. The second-order valence-electron chi connectivity index (χ2n) is 6.65. The molecule has 3 rings (SSSR count). The lowest BCUT2D eigenvalue weighted by Crippen LogP contribution is -2.39. The van der Waals surface area contributed by atoms with Gasteiger partial charge in [-0.15, -0.1) is 0 Å². The fourth-order valence-electron chi connectivity index (χ4n) is 3.53. The molecule has 1 aromatic heterocycles. The van der Waals surface area contributed by atoms with Gasteiger partial charge >= 0.3 is 0 Å². The molecule has 0 saturated carbocycles. The van der Waals surface area contributed by atoms with E-state index in [0.29, 0.717) is 29.1 Å². The maximum Gasteiger partial charge on any atom is 0.255 e. The number of aromatic nitrogens is 2. The summed E-state index contributed by atoms with van der Waals surface area (Å²) in [4.78, 5) is 14.3. The Bertz CT molecular complexity index is 619. The minimum atomic E-state index is -0.489. The average Bonchev–Trinajstić information content (AvgIpc) is 3.20. The minimum absolute atomic E-state index is 0.144. The molecule has 1 aromatic rings. The highest BCUT2D eigenvalue weighted by Crippen LogP contribution is 2.30. The highest BCUT2D eigenvalue weighted by atomic mass is 79.9. The molecule has 4 N–H and O–H groups in total. The Kier molecular flexibility index (Phi) is 6.87. The topological polar surface area (TPSA) is 107 Å². The Morgan fingerprint density at radius 3 is 2.96 bits per heavy atom. The maximum absolute atomic E-state index is 11.9. The lowest BCUT2D eigenvalue weighted by Gasteiger charge is -2.27. The molecular weight excluding hydrogens is 404 g/mol. The van der Waals surface area contributed by atoms with E-state index in [2.05, 4.69) is 36.6 Å². The molecule has 2 atom stereocenters. The van der Waals surface area contributed by atoms with Gasteiger partial charge in [0.2, 0.25) is 0 Å². The molecule has 2 fully saturated rings. The highest BCUT2D eigenvalue weighted by molar-refractivity contribution is 9.10. The van der Waals surface area contributed by atoms with E-state index in [1.165, 1.54) is 0 Å². The van der Waals surface area contributed by atoms with Crippen LogP contribution in [-0.2, 0) is 9.47 Å². The fourth-order valence-corrected chi connectivity index (χ4v) is 4.08. The number of ether oxygens (including phenoxy) is 2. The summed E-state index contributed by atoms with van der Waals surface area (Å²) in [7, 11) is 1.70. The Hall–Kier alpha value is -1.20. The molecule has 10 heteroatoms. The molecule has 2 aliphatic heterocycles. The van der Waals surface area contributed by atoms with Crippen molar-refractivity contribution in [1.29, 1.82) is 0 Å². The number of morpholine rings is 1. The molecule has 1 amide bonds. The van der Waals surface area contributed by atoms with Gasteiger partial charge in [-0.1, -0.05) is 0 Å². The van der Waals surface area contributed by atoms with Crippen LogP contribution >= 0.6 is 15.9 Å². The average molecular weight is 431 g/mol. The van der Waals surface area contributed by atoms with E-state index in [1.54, 1.807) is 7.11 Å². The van der Waals surface area contributed by atoms with Gasteiger partial charge in [-0.3, -0.25) is 9.69 Å². The van der Waals surface area contributed by atoms with E-state index in [9.17, 15) is 4.79 Å². The molecular formula is C16H27BrN6O3. The van der Waals surface area contributed by atoms with E-state index in [0.717, 1.165) is 45.8 Å². The number of nitrogens with zero attached hydrogens (tertiary/aromatic N) is 3. The normalized spacial score (nSPS) is 24.1. The number of halogens is 1. The van der Waals surface area contributed by atoms with Crippen LogP contribution in [0.15, 0.2) is 4.60 Å². The van der Waals surface area contributed by atoms with Gasteiger partial charge in [-0.2, -0.15) is 5.10 Å². The zero-order chi connectivity index (χ0) is 18.5. The fraction of sp³-hybridized carbons (Fsp3) is 0.750. The molecule has 0 bridgehead atoms. The number of amides is 1. The van der Waals surface area contributed by atoms with Gasteiger partial charge in [0.15, 0.2) is 0 Å². The highest BCUT2D eigenvalue weighted by Gasteiger charge is 2.31. The molecule has 0 radical (unpaired) electrons. The summed E-state index contributed by atoms with van der Waals surface area (Å²) in [6, 6.07) is 0.427. The summed E-state index contributed by atoms with van der Waals surface area (Å²) in [6.07, 6.45) is 0.887. The van der Waals surface area contributed by atoms with Gasteiger partial charge in [0.1, 0.15) is 16.0 Å². The lowest BCUT2D eigenvalue weighted by molar-refractivity contribution is 0.0398. The summed E-state index contributed by atoms with van der Waals surface area (Å²) in [5.41, 5.74) is 6.00. The summed E-state index contributed by atoms with van der Waals surface area (Å²) in [5.74, 6) is 0.193. The van der Waals surface area contributed by atoms with Crippen LogP contribution in [0.25, 0.3) is 0 Å². The first kappa shape index (κ1) is 19.6. The summed E-state index contributed by atoms with van der Waals surface area (Å²) in [5, 5.41) is 11.3. The molecule has 2 aliphatic rings. The monoisotopic (exact) mass is 430 g/mol. The standard InChI is InChI=1S/C16H27BrN6O3/c1-25-10-11-8-12(9-20-11)23-16(13(15(18)24)14(17)21-23)19-2-3-22-4-6-26-7-5-22/h11-12,19-20H,2-10H2,1H3,(H2,18,24)/t11-,12+/m1/s1. The van der Waals surface area contributed by atoms with E-state index in [4.69, 9.17) is 15.2 Å². The number of carbonyl (C=O) groups excluding carboxylic acids is 1. The van der Waals surface area contributed by atoms with Crippen LogP contribution in [0.1, 0.15) is 22.8 Å². The van der Waals surface area contributed by atoms with Gasteiger partial charge < -0.3 is 25.8 Å². The smallest absolute Gasteiger partial charge is 0.255 e. The van der Waals surface area contributed by atoms with Crippen LogP contribution in [0.2, 0.25) is 0 Å². The molecule has 146 valence electrons. The van der Waals surface area contributed by atoms with Crippen molar-refractivity contribution in [2.45, 2.75) is 18.5 Å². The minimum Gasteiger partial charge on any atom is -0.383 e. The van der Waals surface area contributed by atoms with E-state index in [1.807, 2.05) is 4.68 Å². The first-order valence-corrected chi connectivity index (χ1v) is 9.73. The zero-order valence-corrected chi connectivity index (χ0v) is 16.6. The number of rotatable bonds is 8. The molecule has 0 unspecified atom stereocenters. The van der Waals surface area contributed by atoms with Crippen LogP contribution in [-0.4, -0.2) is 86.3 Å². The summed E-state index contributed by atoms with van der Waals surface area (Å²) >= 11 is 3.39. The Labute approximate surface area is 161 Å². The third-order valence-corrected chi connectivity index (χ3v) is 5.41. The predicted octanol–water partition coefficient (Wildman–Crippen LogP) is 0.0380. The van der Waals surface area contributed by atoms with Crippen LogP contribution in [0.4, 0.5) is 5.82 Å². The van der Waals surface area contributed by atoms with Crippen molar-refractivity contribution in [2.75, 3.05) is 65.0 Å². The molecule has 3 heterocycles. The number of hydrogen-bond acceptors (Lipinski definition) is 7. The van der Waals surface area contributed by atoms with Crippen molar-refractivity contribution in [3.63, 3.8) is 0 Å². The Morgan fingerprint density at radius 2 is 2.27 bits per heavy atom. The first-order chi connectivity index (χ1) is 12.6. The van der Waals surface area contributed by atoms with Gasteiger partial charge in [-0.25, -0.2) is 4.68 Å². The first-order valence-electron chi connectivity index (χ1n) is 8.94. The van der Waals surface area contributed by atoms with Crippen LogP contribution < -0.4 is 16.4 Å². The number of carbonyl (C=O) groups is 1. The number of nitrogens with two attached hydrogens (primary N) is 1. The predicted molar refractivity (Wildman–Crippen MR) is 102 cm³/mol. The number of hydrogen-bond donors (Lipinski definition) is 3. The van der Waals surface area contributed by atoms with E-state index >= 15 is 0 Å². The molecule has 2 saturated heterocycles. The summed E-state index contributed by atoms with van der Waals surface area (Å²) < 4.78 is 13.0. The maximum atomic E-state index is 11.9. The Morgan fingerprint density at radius 1 is 1.50 bits per heavy atom. The van der Waals surface area contributed by atoms with Gasteiger partial charge in [-0.05, 0) is 22.4 Å². The molecule has 26 heavy (non-hydrogen) atoms. The van der Waals surface area contributed by atoms with E-state index in [-0.39, 0.29) is 12.1 Å². The second-order valence-corrected chi connectivity index (χ2v) is 7.41. The van der Waals surface area contributed by atoms with Crippen LogP contribution in [0.5, 0.6) is 0 Å². The van der Waals surface area contributed by atoms with Crippen molar-refractivity contribution in [3.8, 4) is 0 Å². The van der Waals surface area contributed by atoms with Crippen molar-refractivity contribution >= 4 is 27.7 Å². The number of methoxy groups -OCH3 is 1. The van der Waals surface area contributed by atoms with Crippen molar-refractivity contribution in [1.82, 2.24) is 20.0 Å². The molecule has 9 nitrogen and oxygen atoms in total. The van der Waals surface area contributed by atoms with Gasteiger partial charge in [0.25, 0.3) is 5.91 Å². The number of anilines is 1. The lowest BCUT2D eigenvalue weighted by atomic mass is 10.2. The van der Waals surface area contributed by atoms with Crippen molar-refractivity contribution in [3.05, 3.63) is 10.2 Å². The van der Waals surface area contributed by atoms with Crippen LogP contribution in [0.3, 0.4) is 0 Å². The largest absolute Gasteiger partial charge is 0.383 e.